The first kappa shape index (κ1) is 15.5. The summed E-state index contributed by atoms with van der Waals surface area (Å²) in [6.07, 6.45) is 1.47. The van der Waals surface area contributed by atoms with E-state index in [0.717, 1.165) is 28.0 Å². The molecule has 3 rings (SSSR count). The van der Waals surface area contributed by atoms with Crippen molar-refractivity contribution in [3.05, 3.63) is 51.1 Å². The fourth-order valence-electron chi connectivity index (χ4n) is 2.01. The van der Waals surface area contributed by atoms with Crippen molar-refractivity contribution in [2.45, 2.75) is 13.8 Å². The molecule has 0 aliphatic rings. The number of aromatic nitrogens is 3. The smallest absolute Gasteiger partial charge is 0.266 e. The number of hydrogen-bond donors (Lipinski definition) is 1. The fraction of sp³-hybridized carbons (Fsp3) is 0.133. The fourth-order valence-corrected chi connectivity index (χ4v) is 2.75. The molecule has 1 N–H and O–H groups in total. The van der Waals surface area contributed by atoms with Crippen molar-refractivity contribution in [3.8, 4) is 0 Å². The summed E-state index contributed by atoms with van der Waals surface area (Å²) < 4.78 is 3.71. The van der Waals surface area contributed by atoms with E-state index in [2.05, 4.69) is 25.1 Å². The number of carbonyl (C=O) groups excluding carboxylic acids is 1. The molecule has 0 aliphatic heterocycles. The molecule has 116 valence electrons. The minimum atomic E-state index is -0.353. The quantitative estimate of drug-likeness (QED) is 0.449. The maximum atomic E-state index is 11.9. The Kier molecular flexibility index (Phi) is 4.31. The van der Waals surface area contributed by atoms with Gasteiger partial charge in [-0.15, -0.1) is 5.10 Å². The van der Waals surface area contributed by atoms with Crippen LogP contribution in [0.1, 0.15) is 26.5 Å². The highest BCUT2D eigenvalue weighted by Crippen LogP contribution is 2.20. The molecule has 0 atom stereocenters. The van der Waals surface area contributed by atoms with E-state index in [1.165, 1.54) is 6.21 Å². The van der Waals surface area contributed by atoms with Crippen LogP contribution >= 0.6 is 23.1 Å². The first-order valence-electron chi connectivity index (χ1n) is 6.74. The zero-order chi connectivity index (χ0) is 16.4. The van der Waals surface area contributed by atoms with Gasteiger partial charge in [0.1, 0.15) is 10.0 Å². The highest BCUT2D eigenvalue weighted by molar-refractivity contribution is 7.07. The van der Waals surface area contributed by atoms with Crippen molar-refractivity contribution < 1.29 is 4.79 Å². The van der Waals surface area contributed by atoms with Crippen molar-refractivity contribution in [3.63, 3.8) is 0 Å². The standard InChI is InChI=1S/C15H12ClN5OS/c1-8-3-4-10-6-11(14(16)18-12(10)5-8)7-17-20-15(22)13-9(2)19-21-23-13/h3-7H,1-2H3,(H,20,22)/b17-7+. The summed E-state index contributed by atoms with van der Waals surface area (Å²) in [7, 11) is 0. The third-order valence-electron chi connectivity index (χ3n) is 3.18. The summed E-state index contributed by atoms with van der Waals surface area (Å²) in [6.45, 7) is 3.71. The van der Waals surface area contributed by atoms with Crippen LogP contribution in [-0.4, -0.2) is 26.7 Å². The van der Waals surface area contributed by atoms with E-state index in [1.54, 1.807) is 6.92 Å². The van der Waals surface area contributed by atoms with Gasteiger partial charge in [0.05, 0.1) is 17.4 Å². The molecule has 0 saturated heterocycles. The second kappa shape index (κ2) is 6.39. The number of halogens is 1. The van der Waals surface area contributed by atoms with Gasteiger partial charge in [-0.25, -0.2) is 10.4 Å². The van der Waals surface area contributed by atoms with Crippen molar-refractivity contribution in [2.24, 2.45) is 5.10 Å². The summed E-state index contributed by atoms with van der Waals surface area (Å²) in [4.78, 5) is 16.7. The molecule has 2 heterocycles. The monoisotopic (exact) mass is 345 g/mol. The van der Waals surface area contributed by atoms with Crippen LogP contribution in [0.2, 0.25) is 5.15 Å². The highest BCUT2D eigenvalue weighted by Gasteiger charge is 2.12. The highest BCUT2D eigenvalue weighted by atomic mass is 35.5. The van der Waals surface area contributed by atoms with Crippen LogP contribution in [0.4, 0.5) is 0 Å². The Hall–Kier alpha value is -2.38. The van der Waals surface area contributed by atoms with Crippen LogP contribution in [0.15, 0.2) is 29.4 Å². The SMILES string of the molecule is Cc1ccc2cc(/C=N/NC(=O)c3snnc3C)c(Cl)nc2c1. The lowest BCUT2D eigenvalue weighted by molar-refractivity contribution is 0.0958. The van der Waals surface area contributed by atoms with Crippen molar-refractivity contribution >= 4 is 46.2 Å². The number of hydrogen-bond acceptors (Lipinski definition) is 6. The van der Waals surface area contributed by atoms with Gasteiger partial charge in [0.15, 0.2) is 0 Å². The van der Waals surface area contributed by atoms with Gasteiger partial charge in [-0.1, -0.05) is 28.2 Å². The number of pyridine rings is 1. The van der Waals surface area contributed by atoms with Gasteiger partial charge in [0.25, 0.3) is 5.91 Å². The van der Waals surface area contributed by atoms with Gasteiger partial charge in [-0.05, 0) is 43.1 Å². The van der Waals surface area contributed by atoms with E-state index in [-0.39, 0.29) is 5.91 Å². The van der Waals surface area contributed by atoms with Gasteiger partial charge >= 0.3 is 0 Å². The summed E-state index contributed by atoms with van der Waals surface area (Å²) in [5.74, 6) is -0.353. The zero-order valence-electron chi connectivity index (χ0n) is 12.4. The lowest BCUT2D eigenvalue weighted by Crippen LogP contribution is -2.17. The molecule has 3 aromatic rings. The predicted octanol–water partition coefficient (Wildman–Crippen LogP) is 3.12. The Balaban J connectivity index is 1.81. The molecule has 23 heavy (non-hydrogen) atoms. The Bertz CT molecular complexity index is 921. The first-order valence-corrected chi connectivity index (χ1v) is 7.89. The van der Waals surface area contributed by atoms with Crippen molar-refractivity contribution in [1.29, 1.82) is 0 Å². The van der Waals surface area contributed by atoms with Gasteiger partial charge in [0.2, 0.25) is 0 Å². The third kappa shape index (κ3) is 3.35. The summed E-state index contributed by atoms with van der Waals surface area (Å²) in [5.41, 5.74) is 5.57. The normalized spacial score (nSPS) is 11.3. The number of aryl methyl sites for hydroxylation is 2. The average molecular weight is 346 g/mol. The molecule has 6 nitrogen and oxygen atoms in total. The van der Waals surface area contributed by atoms with Crippen LogP contribution < -0.4 is 5.43 Å². The molecule has 8 heteroatoms. The Morgan fingerprint density at radius 3 is 2.91 bits per heavy atom. The van der Waals surface area contributed by atoms with Gasteiger partial charge < -0.3 is 0 Å². The number of nitrogens with zero attached hydrogens (tertiary/aromatic N) is 4. The second-order valence-corrected chi connectivity index (χ2v) is 6.06. The Morgan fingerprint density at radius 1 is 1.35 bits per heavy atom. The largest absolute Gasteiger partial charge is 0.285 e. The molecule has 0 aliphatic carbocycles. The van der Waals surface area contributed by atoms with Gasteiger partial charge in [-0.2, -0.15) is 5.10 Å². The van der Waals surface area contributed by atoms with E-state index < -0.39 is 0 Å². The maximum absolute atomic E-state index is 11.9. The second-order valence-electron chi connectivity index (χ2n) is 4.95. The molecule has 0 spiro atoms. The molecular weight excluding hydrogens is 334 g/mol. The Morgan fingerprint density at radius 2 is 2.17 bits per heavy atom. The van der Waals surface area contributed by atoms with Crippen molar-refractivity contribution in [2.75, 3.05) is 0 Å². The molecule has 0 radical (unpaired) electrons. The number of carbonyl (C=O) groups is 1. The number of nitrogens with one attached hydrogen (secondary N) is 1. The van der Waals surface area contributed by atoms with Gasteiger partial charge in [-0.3, -0.25) is 4.79 Å². The van der Waals surface area contributed by atoms with Crippen LogP contribution in [0.3, 0.4) is 0 Å². The first-order chi connectivity index (χ1) is 11.0. The molecule has 0 bridgehead atoms. The molecule has 1 amide bonds. The van der Waals surface area contributed by atoms with Gasteiger partial charge in [0, 0.05) is 10.9 Å². The van der Waals surface area contributed by atoms with Crippen LogP contribution in [0.25, 0.3) is 10.9 Å². The van der Waals surface area contributed by atoms with E-state index >= 15 is 0 Å². The lowest BCUT2D eigenvalue weighted by Gasteiger charge is -2.03. The number of fused-ring (bicyclic) bond motifs is 1. The summed E-state index contributed by atoms with van der Waals surface area (Å²) in [5, 5.41) is 8.99. The molecule has 0 unspecified atom stereocenters. The minimum absolute atomic E-state index is 0.330. The van der Waals surface area contributed by atoms with E-state index in [0.29, 0.717) is 21.3 Å². The van der Waals surface area contributed by atoms with Crippen LogP contribution in [0, 0.1) is 13.8 Å². The van der Waals surface area contributed by atoms with E-state index in [1.807, 2.05) is 31.2 Å². The molecule has 0 saturated carbocycles. The molecule has 2 aromatic heterocycles. The van der Waals surface area contributed by atoms with E-state index in [4.69, 9.17) is 11.6 Å². The minimum Gasteiger partial charge on any atom is -0.266 e. The number of hydrazone groups is 1. The van der Waals surface area contributed by atoms with E-state index in [9.17, 15) is 4.79 Å². The van der Waals surface area contributed by atoms with Crippen molar-refractivity contribution in [1.82, 2.24) is 20.0 Å². The number of amides is 1. The Labute approximate surface area is 141 Å². The molecule has 1 aromatic carbocycles. The number of rotatable bonds is 3. The van der Waals surface area contributed by atoms with Crippen LogP contribution in [0.5, 0.6) is 0 Å². The number of benzene rings is 1. The third-order valence-corrected chi connectivity index (χ3v) is 4.31. The van der Waals surface area contributed by atoms with Crippen LogP contribution in [-0.2, 0) is 0 Å². The molecule has 0 fully saturated rings. The zero-order valence-corrected chi connectivity index (χ0v) is 13.9. The molecular formula is C15H12ClN5OS. The summed E-state index contributed by atoms with van der Waals surface area (Å²) in [6, 6.07) is 7.80. The maximum Gasteiger partial charge on any atom is 0.285 e. The summed E-state index contributed by atoms with van der Waals surface area (Å²) >= 11 is 7.19. The average Bonchev–Trinajstić information content (AvgIpc) is 2.94. The topological polar surface area (TPSA) is 80.1 Å². The lowest BCUT2D eigenvalue weighted by atomic mass is 10.1. The predicted molar refractivity (Wildman–Crippen MR) is 91.2 cm³/mol.